The van der Waals surface area contributed by atoms with Crippen LogP contribution in [0, 0.1) is 0 Å². The van der Waals surface area contributed by atoms with Gasteiger partial charge in [0.1, 0.15) is 6.04 Å². The predicted molar refractivity (Wildman–Crippen MR) is 107 cm³/mol. The standard InChI is InChI=1S/C22H29N3O3/c26-20-9-5-14-24(20)18-12-10-16(11-13-18)22(28)25-15-4-8-19(25)21(27)23-17-6-2-1-3-7-17/h10-13,17,19H,1-9,14-15H2,(H,23,27)/t19-/m1/s1. The fraction of sp³-hybridized carbons (Fsp3) is 0.591. The molecule has 1 aliphatic carbocycles. The number of likely N-dealkylation sites (tertiary alicyclic amines) is 1. The Hall–Kier alpha value is -2.37. The lowest BCUT2D eigenvalue weighted by Crippen LogP contribution is -2.49. The minimum absolute atomic E-state index is 0.00275. The zero-order chi connectivity index (χ0) is 19.5. The van der Waals surface area contributed by atoms with E-state index in [0.717, 1.165) is 44.3 Å². The Kier molecular flexibility index (Phi) is 5.64. The highest BCUT2D eigenvalue weighted by atomic mass is 16.2. The van der Waals surface area contributed by atoms with Crippen LogP contribution in [0.3, 0.4) is 0 Å². The molecule has 1 atom stereocenters. The van der Waals surface area contributed by atoms with Crippen molar-refractivity contribution in [2.45, 2.75) is 69.9 Å². The largest absolute Gasteiger partial charge is 0.352 e. The summed E-state index contributed by atoms with van der Waals surface area (Å²) in [5, 5.41) is 3.17. The number of carbonyl (C=O) groups excluding carboxylic acids is 3. The Morgan fingerprint density at radius 3 is 2.32 bits per heavy atom. The van der Waals surface area contributed by atoms with Gasteiger partial charge in [-0.05, 0) is 56.4 Å². The molecule has 28 heavy (non-hydrogen) atoms. The number of rotatable bonds is 4. The number of carbonyl (C=O) groups is 3. The molecule has 6 nitrogen and oxygen atoms in total. The lowest BCUT2D eigenvalue weighted by Gasteiger charge is -2.28. The molecule has 1 aromatic carbocycles. The van der Waals surface area contributed by atoms with Crippen LogP contribution in [0.5, 0.6) is 0 Å². The summed E-state index contributed by atoms with van der Waals surface area (Å²) in [5.74, 6) is 0.0377. The maximum Gasteiger partial charge on any atom is 0.254 e. The maximum atomic E-state index is 13.0. The first-order valence-electron chi connectivity index (χ1n) is 10.7. The zero-order valence-electron chi connectivity index (χ0n) is 16.4. The predicted octanol–water partition coefficient (Wildman–Crippen LogP) is 2.87. The fourth-order valence-electron chi connectivity index (χ4n) is 4.70. The highest BCUT2D eigenvalue weighted by Gasteiger charge is 2.35. The summed E-state index contributed by atoms with van der Waals surface area (Å²) in [6.45, 7) is 1.36. The van der Waals surface area contributed by atoms with Crippen LogP contribution in [-0.4, -0.2) is 47.8 Å². The summed E-state index contributed by atoms with van der Waals surface area (Å²) in [7, 11) is 0. The Morgan fingerprint density at radius 1 is 0.893 bits per heavy atom. The molecular formula is C22H29N3O3. The first-order chi connectivity index (χ1) is 13.6. The quantitative estimate of drug-likeness (QED) is 0.869. The second-order valence-corrected chi connectivity index (χ2v) is 8.20. The highest BCUT2D eigenvalue weighted by molar-refractivity contribution is 5.99. The van der Waals surface area contributed by atoms with Crippen molar-refractivity contribution in [3.05, 3.63) is 29.8 Å². The van der Waals surface area contributed by atoms with E-state index in [1.807, 2.05) is 12.1 Å². The molecule has 0 aromatic heterocycles. The second-order valence-electron chi connectivity index (χ2n) is 8.20. The Labute approximate surface area is 166 Å². The summed E-state index contributed by atoms with van der Waals surface area (Å²) in [5.41, 5.74) is 1.42. The van der Waals surface area contributed by atoms with Gasteiger partial charge in [0.2, 0.25) is 11.8 Å². The number of nitrogens with zero attached hydrogens (tertiary/aromatic N) is 2. The SMILES string of the molecule is O=C(NC1CCCCC1)[C@H]1CCCN1C(=O)c1ccc(N2CCCC2=O)cc1. The molecule has 0 spiro atoms. The fourth-order valence-corrected chi connectivity index (χ4v) is 4.70. The second kappa shape index (κ2) is 8.33. The van der Waals surface area contributed by atoms with E-state index < -0.39 is 0 Å². The van der Waals surface area contributed by atoms with Gasteiger partial charge in [-0.2, -0.15) is 0 Å². The number of hydrogen-bond acceptors (Lipinski definition) is 3. The molecule has 150 valence electrons. The molecule has 1 N–H and O–H groups in total. The molecule has 0 bridgehead atoms. The average Bonchev–Trinajstić information content (AvgIpc) is 3.37. The van der Waals surface area contributed by atoms with E-state index in [1.165, 1.54) is 19.3 Å². The van der Waals surface area contributed by atoms with Crippen molar-refractivity contribution < 1.29 is 14.4 Å². The maximum absolute atomic E-state index is 13.0. The van der Waals surface area contributed by atoms with Gasteiger partial charge in [0.15, 0.2) is 0 Å². The molecule has 3 amide bonds. The Bertz CT molecular complexity index is 740. The van der Waals surface area contributed by atoms with E-state index in [1.54, 1.807) is 21.9 Å². The van der Waals surface area contributed by atoms with Gasteiger partial charge in [0, 0.05) is 36.8 Å². The van der Waals surface area contributed by atoms with Crippen LogP contribution in [0.15, 0.2) is 24.3 Å². The number of hydrogen-bond donors (Lipinski definition) is 1. The van der Waals surface area contributed by atoms with Gasteiger partial charge in [-0.25, -0.2) is 0 Å². The van der Waals surface area contributed by atoms with E-state index in [-0.39, 0.29) is 29.8 Å². The van der Waals surface area contributed by atoms with Crippen LogP contribution in [0.1, 0.15) is 68.1 Å². The lowest BCUT2D eigenvalue weighted by atomic mass is 9.95. The monoisotopic (exact) mass is 383 g/mol. The number of nitrogens with one attached hydrogen (secondary N) is 1. The summed E-state index contributed by atoms with van der Waals surface area (Å²) in [6.07, 6.45) is 8.73. The third kappa shape index (κ3) is 3.91. The molecule has 2 heterocycles. The van der Waals surface area contributed by atoms with Crippen molar-refractivity contribution >= 4 is 23.4 Å². The van der Waals surface area contributed by atoms with Crippen LogP contribution in [0.25, 0.3) is 0 Å². The van der Waals surface area contributed by atoms with Crippen molar-refractivity contribution in [3.8, 4) is 0 Å². The van der Waals surface area contributed by atoms with Crippen molar-refractivity contribution in [1.82, 2.24) is 10.2 Å². The summed E-state index contributed by atoms with van der Waals surface area (Å²) >= 11 is 0. The van der Waals surface area contributed by atoms with Gasteiger partial charge in [0.25, 0.3) is 5.91 Å². The smallest absolute Gasteiger partial charge is 0.254 e. The highest BCUT2D eigenvalue weighted by Crippen LogP contribution is 2.25. The third-order valence-electron chi connectivity index (χ3n) is 6.27. The normalized spacial score (nSPS) is 23.3. The minimum atomic E-state index is -0.366. The van der Waals surface area contributed by atoms with Crippen LogP contribution in [0.2, 0.25) is 0 Å². The summed E-state index contributed by atoms with van der Waals surface area (Å²) in [6, 6.07) is 7.12. The van der Waals surface area contributed by atoms with Gasteiger partial charge >= 0.3 is 0 Å². The average molecular weight is 383 g/mol. The van der Waals surface area contributed by atoms with E-state index in [4.69, 9.17) is 0 Å². The van der Waals surface area contributed by atoms with Crippen molar-refractivity contribution in [2.75, 3.05) is 18.0 Å². The first-order valence-corrected chi connectivity index (χ1v) is 10.7. The van der Waals surface area contributed by atoms with Crippen LogP contribution >= 0.6 is 0 Å². The molecule has 1 saturated carbocycles. The van der Waals surface area contributed by atoms with Gasteiger partial charge in [-0.3, -0.25) is 14.4 Å². The molecule has 1 aromatic rings. The van der Waals surface area contributed by atoms with Crippen molar-refractivity contribution in [3.63, 3.8) is 0 Å². The molecule has 2 saturated heterocycles. The molecule has 2 aliphatic heterocycles. The first kappa shape index (κ1) is 19.0. The van der Waals surface area contributed by atoms with Gasteiger partial charge in [0.05, 0.1) is 0 Å². The molecule has 3 fully saturated rings. The van der Waals surface area contributed by atoms with Gasteiger partial charge in [-0.15, -0.1) is 0 Å². The van der Waals surface area contributed by atoms with Crippen LogP contribution < -0.4 is 10.2 Å². The van der Waals surface area contributed by atoms with Crippen LogP contribution in [-0.2, 0) is 9.59 Å². The minimum Gasteiger partial charge on any atom is -0.352 e. The van der Waals surface area contributed by atoms with E-state index in [9.17, 15) is 14.4 Å². The Morgan fingerprint density at radius 2 is 1.64 bits per heavy atom. The van der Waals surface area contributed by atoms with Gasteiger partial charge in [-0.1, -0.05) is 19.3 Å². The molecule has 4 rings (SSSR count). The topological polar surface area (TPSA) is 69.7 Å². The van der Waals surface area contributed by atoms with E-state index in [2.05, 4.69) is 5.32 Å². The molecule has 3 aliphatic rings. The van der Waals surface area contributed by atoms with Gasteiger partial charge < -0.3 is 15.1 Å². The number of anilines is 1. The van der Waals surface area contributed by atoms with E-state index >= 15 is 0 Å². The Balaban J connectivity index is 1.41. The molecule has 0 unspecified atom stereocenters. The molecule has 6 heteroatoms. The molecule has 0 radical (unpaired) electrons. The van der Waals surface area contributed by atoms with Crippen LogP contribution in [0.4, 0.5) is 5.69 Å². The molecular weight excluding hydrogens is 354 g/mol. The lowest BCUT2D eigenvalue weighted by molar-refractivity contribution is -0.125. The van der Waals surface area contributed by atoms with Crippen molar-refractivity contribution in [1.29, 1.82) is 0 Å². The number of benzene rings is 1. The van der Waals surface area contributed by atoms with Crippen molar-refractivity contribution in [2.24, 2.45) is 0 Å². The number of amides is 3. The van der Waals surface area contributed by atoms with E-state index in [0.29, 0.717) is 18.5 Å². The third-order valence-corrected chi connectivity index (χ3v) is 6.27. The summed E-state index contributed by atoms with van der Waals surface area (Å²) < 4.78 is 0. The zero-order valence-corrected chi connectivity index (χ0v) is 16.4. The summed E-state index contributed by atoms with van der Waals surface area (Å²) in [4.78, 5) is 41.2.